The molecule has 0 amide bonds. The highest BCUT2D eigenvalue weighted by molar-refractivity contribution is 5.24. The van der Waals surface area contributed by atoms with Crippen LogP contribution in [0.1, 0.15) is 18.1 Å². The number of hydrogen-bond donors (Lipinski definition) is 1. The van der Waals surface area contributed by atoms with Crippen molar-refractivity contribution in [1.82, 2.24) is 0 Å². The van der Waals surface area contributed by atoms with Crippen molar-refractivity contribution in [3.8, 4) is 0 Å². The lowest BCUT2D eigenvalue weighted by atomic mass is 9.87. The van der Waals surface area contributed by atoms with Crippen molar-refractivity contribution < 1.29 is 8.78 Å². The van der Waals surface area contributed by atoms with Gasteiger partial charge in [-0.25, -0.2) is 8.78 Å². The lowest BCUT2D eigenvalue weighted by molar-refractivity contribution is 0.441. The van der Waals surface area contributed by atoms with Gasteiger partial charge < -0.3 is 5.73 Å². The van der Waals surface area contributed by atoms with E-state index < -0.39 is 5.54 Å². The van der Waals surface area contributed by atoms with Crippen LogP contribution in [0.15, 0.2) is 48.5 Å². The summed E-state index contributed by atoms with van der Waals surface area (Å²) in [5.74, 6) is -0.541. The molecule has 0 unspecified atom stereocenters. The van der Waals surface area contributed by atoms with Crippen LogP contribution in [0.2, 0.25) is 0 Å². The zero-order valence-electron chi connectivity index (χ0n) is 10.9. The smallest absolute Gasteiger partial charge is 0.126 e. The van der Waals surface area contributed by atoms with E-state index in [4.69, 9.17) is 5.73 Å². The van der Waals surface area contributed by atoms with Gasteiger partial charge in [0, 0.05) is 5.54 Å². The quantitative estimate of drug-likeness (QED) is 0.896. The number of benzene rings is 2. The highest BCUT2D eigenvalue weighted by Crippen LogP contribution is 2.20. The molecule has 0 aliphatic heterocycles. The summed E-state index contributed by atoms with van der Waals surface area (Å²) in [6, 6.07) is 13.1. The SMILES string of the molecule is CC(N)(Cc1ccccc1F)Cc1ccccc1F. The Morgan fingerprint density at radius 1 is 0.842 bits per heavy atom. The molecule has 0 heterocycles. The largest absolute Gasteiger partial charge is 0.325 e. The van der Waals surface area contributed by atoms with Crippen LogP contribution in [-0.2, 0) is 12.8 Å². The van der Waals surface area contributed by atoms with Gasteiger partial charge in [-0.3, -0.25) is 0 Å². The minimum Gasteiger partial charge on any atom is -0.325 e. The van der Waals surface area contributed by atoms with Crippen molar-refractivity contribution in [2.24, 2.45) is 5.73 Å². The van der Waals surface area contributed by atoms with Crippen LogP contribution in [0.5, 0.6) is 0 Å². The van der Waals surface area contributed by atoms with Crippen molar-refractivity contribution in [3.05, 3.63) is 71.3 Å². The Balaban J connectivity index is 2.15. The second-order valence-electron chi connectivity index (χ2n) is 5.19. The third-order valence-electron chi connectivity index (χ3n) is 3.10. The predicted molar refractivity (Wildman–Crippen MR) is 72.8 cm³/mol. The monoisotopic (exact) mass is 261 g/mol. The molecule has 2 aromatic rings. The summed E-state index contributed by atoms with van der Waals surface area (Å²) in [5, 5.41) is 0. The molecule has 3 heteroatoms. The molecular formula is C16H17F2N. The van der Waals surface area contributed by atoms with Gasteiger partial charge in [0.1, 0.15) is 11.6 Å². The van der Waals surface area contributed by atoms with Crippen molar-refractivity contribution in [2.45, 2.75) is 25.3 Å². The first-order valence-electron chi connectivity index (χ1n) is 6.24. The second kappa shape index (κ2) is 5.49. The first kappa shape index (κ1) is 13.7. The lowest BCUT2D eigenvalue weighted by Crippen LogP contribution is -2.41. The molecule has 1 nitrogen and oxygen atoms in total. The minimum absolute atomic E-state index is 0.271. The lowest BCUT2D eigenvalue weighted by Gasteiger charge is -2.25. The third-order valence-corrected chi connectivity index (χ3v) is 3.10. The summed E-state index contributed by atoms with van der Waals surface area (Å²) in [6.45, 7) is 1.81. The minimum atomic E-state index is -0.690. The van der Waals surface area contributed by atoms with Crippen molar-refractivity contribution in [2.75, 3.05) is 0 Å². The Kier molecular flexibility index (Phi) is 3.96. The average Bonchev–Trinajstić information content (AvgIpc) is 2.35. The highest BCUT2D eigenvalue weighted by Gasteiger charge is 2.22. The number of rotatable bonds is 4. The zero-order valence-corrected chi connectivity index (χ0v) is 10.9. The van der Waals surface area contributed by atoms with E-state index in [2.05, 4.69) is 0 Å². The van der Waals surface area contributed by atoms with Crippen LogP contribution in [0, 0.1) is 11.6 Å². The van der Waals surface area contributed by atoms with Gasteiger partial charge in [0.25, 0.3) is 0 Å². The molecule has 0 atom stereocenters. The van der Waals surface area contributed by atoms with Crippen LogP contribution in [0.25, 0.3) is 0 Å². The Hall–Kier alpha value is -1.74. The van der Waals surface area contributed by atoms with E-state index in [0.29, 0.717) is 24.0 Å². The highest BCUT2D eigenvalue weighted by atomic mass is 19.1. The Labute approximate surface area is 112 Å². The van der Waals surface area contributed by atoms with E-state index in [1.54, 1.807) is 36.4 Å². The number of hydrogen-bond acceptors (Lipinski definition) is 1. The second-order valence-corrected chi connectivity index (χ2v) is 5.19. The van der Waals surface area contributed by atoms with E-state index in [1.165, 1.54) is 12.1 Å². The zero-order chi connectivity index (χ0) is 13.9. The maximum absolute atomic E-state index is 13.6. The molecule has 0 aliphatic rings. The molecule has 2 rings (SSSR count). The normalized spacial score (nSPS) is 11.6. The summed E-state index contributed by atoms with van der Waals surface area (Å²) < 4.78 is 27.2. The van der Waals surface area contributed by atoms with Gasteiger partial charge in [0.2, 0.25) is 0 Å². The summed E-state index contributed by atoms with van der Waals surface area (Å²) >= 11 is 0. The van der Waals surface area contributed by atoms with Gasteiger partial charge in [0.05, 0.1) is 0 Å². The molecule has 2 N–H and O–H groups in total. The fourth-order valence-electron chi connectivity index (χ4n) is 2.22. The Morgan fingerprint density at radius 3 is 1.58 bits per heavy atom. The van der Waals surface area contributed by atoms with Crippen LogP contribution in [-0.4, -0.2) is 5.54 Å². The van der Waals surface area contributed by atoms with E-state index in [1.807, 2.05) is 6.92 Å². The molecular weight excluding hydrogens is 244 g/mol. The first-order chi connectivity index (χ1) is 8.98. The van der Waals surface area contributed by atoms with Crippen molar-refractivity contribution in [3.63, 3.8) is 0 Å². The van der Waals surface area contributed by atoms with Crippen LogP contribution in [0.4, 0.5) is 8.78 Å². The maximum atomic E-state index is 13.6. The van der Waals surface area contributed by atoms with Gasteiger partial charge in [0.15, 0.2) is 0 Å². The molecule has 0 aliphatic carbocycles. The summed E-state index contributed by atoms with van der Waals surface area (Å²) in [6.07, 6.45) is 0.738. The van der Waals surface area contributed by atoms with E-state index in [0.717, 1.165) is 0 Å². The molecule has 0 radical (unpaired) electrons. The fourth-order valence-corrected chi connectivity index (χ4v) is 2.22. The van der Waals surface area contributed by atoms with Crippen molar-refractivity contribution >= 4 is 0 Å². The Morgan fingerprint density at radius 2 is 1.21 bits per heavy atom. The van der Waals surface area contributed by atoms with Crippen LogP contribution in [0.3, 0.4) is 0 Å². The summed E-state index contributed by atoms with van der Waals surface area (Å²) in [4.78, 5) is 0. The number of halogens is 2. The molecule has 100 valence electrons. The maximum Gasteiger partial charge on any atom is 0.126 e. The third kappa shape index (κ3) is 3.61. The van der Waals surface area contributed by atoms with Gasteiger partial charge in [-0.05, 0) is 43.0 Å². The topological polar surface area (TPSA) is 26.0 Å². The molecule has 0 bridgehead atoms. The molecule has 0 aromatic heterocycles. The molecule has 0 saturated heterocycles. The van der Waals surface area contributed by atoms with Gasteiger partial charge in [-0.1, -0.05) is 36.4 Å². The predicted octanol–water partition coefficient (Wildman–Crippen LogP) is 3.47. The van der Waals surface area contributed by atoms with E-state index >= 15 is 0 Å². The summed E-state index contributed by atoms with van der Waals surface area (Å²) in [7, 11) is 0. The number of nitrogens with two attached hydrogens (primary N) is 1. The van der Waals surface area contributed by atoms with Gasteiger partial charge >= 0.3 is 0 Å². The molecule has 19 heavy (non-hydrogen) atoms. The van der Waals surface area contributed by atoms with Crippen LogP contribution < -0.4 is 5.73 Å². The van der Waals surface area contributed by atoms with E-state index in [9.17, 15) is 8.78 Å². The van der Waals surface area contributed by atoms with Gasteiger partial charge in [-0.15, -0.1) is 0 Å². The Bertz CT molecular complexity index is 515. The van der Waals surface area contributed by atoms with Crippen molar-refractivity contribution in [1.29, 1.82) is 0 Å². The standard InChI is InChI=1S/C16H17F2N/c1-16(19,10-12-6-2-4-8-14(12)17)11-13-7-3-5-9-15(13)18/h2-9H,10-11,19H2,1H3. The van der Waals surface area contributed by atoms with Crippen LogP contribution >= 0.6 is 0 Å². The molecule has 0 spiro atoms. The van der Waals surface area contributed by atoms with E-state index in [-0.39, 0.29) is 11.6 Å². The average molecular weight is 261 g/mol. The molecule has 0 saturated carbocycles. The summed E-state index contributed by atoms with van der Waals surface area (Å²) in [5.41, 5.74) is 6.61. The fraction of sp³-hybridized carbons (Fsp3) is 0.250. The first-order valence-corrected chi connectivity index (χ1v) is 6.24. The van der Waals surface area contributed by atoms with Gasteiger partial charge in [-0.2, -0.15) is 0 Å². The molecule has 0 fully saturated rings. The molecule has 2 aromatic carbocycles.